The van der Waals surface area contributed by atoms with Crippen LogP contribution in [-0.4, -0.2) is 56.7 Å². The van der Waals surface area contributed by atoms with E-state index in [0.717, 1.165) is 25.1 Å². The van der Waals surface area contributed by atoms with E-state index in [1.54, 1.807) is 36.4 Å². The van der Waals surface area contributed by atoms with Gasteiger partial charge in [-0.2, -0.15) is 26.3 Å². The molecule has 2 amide bonds. The zero-order chi connectivity index (χ0) is 45.2. The van der Waals surface area contributed by atoms with E-state index in [4.69, 9.17) is 56.2 Å². The number of anilines is 2. The third kappa shape index (κ3) is 24.7. The Morgan fingerprint density at radius 2 is 1.11 bits per heavy atom. The predicted molar refractivity (Wildman–Crippen MR) is 219 cm³/mol. The number of rotatable bonds is 9. The Bertz CT molecular complexity index is 2110. The molecule has 0 bridgehead atoms. The monoisotopic (exact) mass is 1050 g/mol. The molecule has 4 aromatic carbocycles. The summed E-state index contributed by atoms with van der Waals surface area (Å²) in [5, 5.41) is 42.5. The number of carbonyl (C=O) groups excluding carboxylic acids is 3. The molecule has 0 heterocycles. The summed E-state index contributed by atoms with van der Waals surface area (Å²) in [6.07, 6.45) is -9.45. The van der Waals surface area contributed by atoms with E-state index in [1.807, 2.05) is 0 Å². The minimum absolute atomic E-state index is 0. The molecule has 0 aliphatic carbocycles. The summed E-state index contributed by atoms with van der Waals surface area (Å²) in [6.45, 7) is 15.3. The van der Waals surface area contributed by atoms with E-state index in [-0.39, 0.29) is 148 Å². The smallest absolute Gasteiger partial charge is 1.00 e. The Labute approximate surface area is 464 Å². The summed E-state index contributed by atoms with van der Waals surface area (Å²) in [7, 11) is 0. The van der Waals surface area contributed by atoms with Gasteiger partial charge in [0.25, 0.3) is 18.3 Å². The van der Waals surface area contributed by atoms with Gasteiger partial charge in [-0.05, 0) is 86.6 Å². The standard InChI is InChI=1S/C18H14ClF3N2O3.C12H10BrF3N2O2.C6H5ClO.CH2O3.2CH4.2K.H/c1-17(26,10-27-13-6-3-11(19)4-7-13)16(25)24-12-5-8-15(23-2)14(9-12)18(20,21)22;1-11(20,6-13)10(19)18-7-3-4-9(17-2)8(5-7)12(14,15)16;7-5-1-3-6(8)4-2-5;2-1-4-3;;;;;/h3-9,26H,10H2,1H3,(H,24,25);3-5,20H,6H2,1H3,(H,18,19);1-4,8H;1,3H;2*1H4;;;/q;;;;;;2*+1;-1/p-1/t17-;11-;;;;;;;/m00......./s1. The third-order valence-electron chi connectivity index (χ3n) is 6.80. The molecule has 0 saturated carbocycles. The van der Waals surface area contributed by atoms with Crippen LogP contribution in [0.25, 0.3) is 9.69 Å². The van der Waals surface area contributed by atoms with Crippen molar-refractivity contribution in [2.24, 2.45) is 0 Å². The van der Waals surface area contributed by atoms with Crippen LogP contribution in [0.15, 0.2) is 84.9 Å². The Morgan fingerprint density at radius 3 is 1.41 bits per heavy atom. The predicted octanol–water partition coefficient (Wildman–Crippen LogP) is 3.89. The molecular formula is C39H39BrCl2F6K2N4O9. The molecule has 4 rings (SSSR count). The quantitative estimate of drug-likeness (QED) is 0.0316. The van der Waals surface area contributed by atoms with Gasteiger partial charge in [0, 0.05) is 26.8 Å². The molecule has 0 aromatic heterocycles. The van der Waals surface area contributed by atoms with Crippen LogP contribution < -0.4 is 123 Å². The first-order valence-corrected chi connectivity index (χ1v) is 17.6. The maximum atomic E-state index is 13.0. The van der Waals surface area contributed by atoms with E-state index < -0.39 is 64.5 Å². The molecule has 0 saturated heterocycles. The number of aliphatic hydroxyl groups is 2. The molecule has 0 spiro atoms. The van der Waals surface area contributed by atoms with Crippen molar-refractivity contribution >= 4 is 80.2 Å². The Kier molecular flexibility index (Phi) is 33.7. The summed E-state index contributed by atoms with van der Waals surface area (Å²) in [5.41, 5.74) is -7.56. The summed E-state index contributed by atoms with van der Waals surface area (Å²) < 4.78 is 82.5. The molecule has 0 aliphatic heterocycles. The molecule has 334 valence electrons. The summed E-state index contributed by atoms with van der Waals surface area (Å²) in [6, 6.07) is 18.1. The van der Waals surface area contributed by atoms with E-state index in [2.05, 4.69) is 41.1 Å². The van der Waals surface area contributed by atoms with Crippen molar-refractivity contribution in [2.75, 3.05) is 22.6 Å². The van der Waals surface area contributed by atoms with Gasteiger partial charge in [0.05, 0.1) is 24.3 Å². The fraction of sp³-hybridized carbons (Fsp3) is 0.256. The zero-order valence-corrected chi connectivity index (χ0v) is 41.5. The van der Waals surface area contributed by atoms with Crippen molar-refractivity contribution in [3.63, 3.8) is 0 Å². The van der Waals surface area contributed by atoms with E-state index in [9.17, 15) is 46.1 Å². The van der Waals surface area contributed by atoms with Crippen molar-refractivity contribution in [1.82, 2.24) is 0 Å². The van der Waals surface area contributed by atoms with Gasteiger partial charge in [-0.3, -0.25) is 14.4 Å². The van der Waals surface area contributed by atoms with Crippen molar-refractivity contribution in [3.05, 3.63) is 129 Å². The van der Waals surface area contributed by atoms with Gasteiger partial charge in [0.15, 0.2) is 17.0 Å². The van der Waals surface area contributed by atoms with Gasteiger partial charge in [-0.1, -0.05) is 66.1 Å². The fourth-order valence-corrected chi connectivity index (χ4v) is 4.24. The number of alkyl halides is 7. The largest absolute Gasteiger partial charge is 1.00 e. The molecule has 63 heavy (non-hydrogen) atoms. The van der Waals surface area contributed by atoms with Crippen molar-refractivity contribution in [3.8, 4) is 11.5 Å². The second-order valence-corrected chi connectivity index (χ2v) is 13.1. The number of nitrogens with one attached hydrogen (secondary N) is 2. The van der Waals surface area contributed by atoms with Gasteiger partial charge in [-0.15, -0.1) is 0 Å². The number of aromatic hydroxyl groups is 1. The molecule has 5 N–H and O–H groups in total. The van der Waals surface area contributed by atoms with Crippen LogP contribution in [0, 0.1) is 13.1 Å². The van der Waals surface area contributed by atoms with Crippen molar-refractivity contribution < 1.29 is 175 Å². The van der Waals surface area contributed by atoms with Gasteiger partial charge in [-0.25, -0.2) is 9.69 Å². The summed E-state index contributed by atoms with van der Waals surface area (Å²) in [5.74, 6) is -1.21. The maximum Gasteiger partial charge on any atom is 1.00 e. The van der Waals surface area contributed by atoms with Gasteiger partial charge in [0.2, 0.25) is 0 Å². The van der Waals surface area contributed by atoms with Crippen LogP contribution in [0.2, 0.25) is 10.0 Å². The number of nitrogens with zero attached hydrogens (tertiary/aromatic N) is 2. The second-order valence-electron chi connectivity index (χ2n) is 11.7. The number of phenolic OH excluding ortho intramolecular Hbond substituents is 1. The van der Waals surface area contributed by atoms with Crippen LogP contribution in [-0.2, 0) is 31.6 Å². The number of halogens is 9. The molecule has 0 radical (unpaired) electrons. The summed E-state index contributed by atoms with van der Waals surface area (Å²) >= 11 is 14.2. The van der Waals surface area contributed by atoms with E-state index in [1.165, 1.54) is 25.1 Å². The first-order valence-electron chi connectivity index (χ1n) is 15.7. The van der Waals surface area contributed by atoms with Crippen LogP contribution in [0.4, 0.5) is 49.1 Å². The third-order valence-corrected chi connectivity index (χ3v) is 8.39. The Hall–Kier alpha value is -2.34. The Balaban J connectivity index is -0.000000276. The van der Waals surface area contributed by atoms with Gasteiger partial charge < -0.3 is 42.3 Å². The van der Waals surface area contributed by atoms with E-state index >= 15 is 0 Å². The number of hydrogen-bond acceptors (Lipinski definition) is 9. The molecule has 4 aromatic rings. The number of carbonyl (C=O) groups is 3. The average Bonchev–Trinajstić information content (AvgIpc) is 3.18. The molecule has 0 fully saturated rings. The number of phenols is 1. The number of hydrogen-bond donors (Lipinski definition) is 5. The van der Waals surface area contributed by atoms with Gasteiger partial charge in [0.1, 0.15) is 23.7 Å². The second kappa shape index (κ2) is 31.6. The number of amides is 2. The SMILES string of the molecule is C.C.O=CO[O-].Oc1ccc(Cl)cc1.[C-]#[N+]c1ccc(NC(=O)[C@@](C)(O)CBr)cc1C(F)(F)F.[C-]#[N+]c1ccc(NC(=O)[C@@](C)(O)COc2ccc(Cl)cc2)cc1C(F)(F)F.[H-].[K+].[K+]. The van der Waals surface area contributed by atoms with Crippen LogP contribution >= 0.6 is 39.1 Å². The number of benzene rings is 4. The van der Waals surface area contributed by atoms with Crippen LogP contribution in [0.3, 0.4) is 0 Å². The molecule has 2 atom stereocenters. The summed E-state index contributed by atoms with van der Waals surface area (Å²) in [4.78, 5) is 40.7. The minimum atomic E-state index is -4.75. The molecule has 0 aliphatic rings. The molecule has 24 heteroatoms. The zero-order valence-electron chi connectivity index (χ0n) is 33.2. The molecule has 13 nitrogen and oxygen atoms in total. The molecular weight excluding hydrogens is 1010 g/mol. The number of ether oxygens (including phenoxy) is 1. The molecule has 0 unspecified atom stereocenters. The van der Waals surface area contributed by atoms with Crippen LogP contribution in [0.1, 0.15) is 41.3 Å². The fourth-order valence-electron chi connectivity index (χ4n) is 3.73. The maximum absolute atomic E-state index is 13.0. The average molecular weight is 1050 g/mol. The van der Waals surface area contributed by atoms with Gasteiger partial charge >= 0.3 is 115 Å². The first kappa shape index (κ1) is 67.3. The topological polar surface area (TPSA) is 186 Å². The Morgan fingerprint density at radius 1 is 0.762 bits per heavy atom. The van der Waals surface area contributed by atoms with Crippen molar-refractivity contribution in [2.45, 2.75) is 52.3 Å². The normalized spacial score (nSPS) is 11.7. The van der Waals surface area contributed by atoms with Crippen molar-refractivity contribution in [1.29, 1.82) is 0 Å². The first-order chi connectivity index (χ1) is 27.3. The minimum Gasteiger partial charge on any atom is -1.00 e. The van der Waals surface area contributed by atoms with Crippen LogP contribution in [0.5, 0.6) is 11.5 Å². The van der Waals surface area contributed by atoms with E-state index in [0.29, 0.717) is 27.9 Å².